The monoisotopic (exact) mass is 438 g/mol. The summed E-state index contributed by atoms with van der Waals surface area (Å²) in [6.07, 6.45) is 11.2. The van der Waals surface area contributed by atoms with Crippen molar-refractivity contribution in [3.8, 4) is 0 Å². The molecule has 0 spiro atoms. The molecule has 1 aromatic rings. The van der Waals surface area contributed by atoms with Gasteiger partial charge in [0.15, 0.2) is 0 Å². The molecule has 1 atom stereocenters. The molecule has 1 heterocycles. The molecule has 2 heteroatoms. The quantitative estimate of drug-likeness (QED) is 0.355. The summed E-state index contributed by atoms with van der Waals surface area (Å²) in [5, 5.41) is 0. The van der Waals surface area contributed by atoms with Gasteiger partial charge in [0.2, 0.25) is 0 Å². The second-order valence-electron chi connectivity index (χ2n) is 7.72. The molecule has 0 radical (unpaired) electrons. The van der Waals surface area contributed by atoms with Crippen LogP contribution in [0.1, 0.15) is 83.8 Å². The van der Waals surface area contributed by atoms with E-state index >= 15 is 0 Å². The Morgan fingerprint density at radius 2 is 1.58 bits per heavy atom. The predicted molar refractivity (Wildman–Crippen MR) is 109 cm³/mol. The summed E-state index contributed by atoms with van der Waals surface area (Å²) < 4.78 is 12.4. The Hall–Kier alpha value is -0.0213. The summed E-state index contributed by atoms with van der Waals surface area (Å²) in [6, 6.07) is 9.74. The zero-order valence-corrected chi connectivity index (χ0v) is 19.1. The molecule has 136 valence electrons. The Bertz CT molecular complexity index is 443. The first-order valence-electron chi connectivity index (χ1n) is 10.5. The van der Waals surface area contributed by atoms with E-state index in [0.29, 0.717) is 6.10 Å². The van der Waals surface area contributed by atoms with Crippen molar-refractivity contribution in [3.63, 3.8) is 0 Å². The van der Waals surface area contributed by atoms with Gasteiger partial charge in [-0.05, 0) is 0 Å². The molecule has 0 aliphatic carbocycles. The number of unbranched alkanes of at least 4 members (excludes halogenated alkanes) is 3. The standard InChI is InChI=1S/C10H11O.3C4H9.Sn/c1-2-5-9(6-3-1)10-7-4-8-11-10;3*1-3-4-2;/h1-2,5-6,10H,4,7-8H2;3*1,3-4H2,2H3;/t10-;;;;/m1..../s1. The molecule has 0 saturated carbocycles. The van der Waals surface area contributed by atoms with Crippen molar-refractivity contribution in [2.75, 3.05) is 6.61 Å². The molecule has 0 bridgehead atoms. The van der Waals surface area contributed by atoms with Crippen LogP contribution >= 0.6 is 0 Å². The summed E-state index contributed by atoms with van der Waals surface area (Å²) in [5.74, 6) is 0. The molecule has 1 aliphatic heterocycles. The molecule has 2 rings (SSSR count). The average molecular weight is 437 g/mol. The van der Waals surface area contributed by atoms with Crippen LogP contribution in [0.2, 0.25) is 13.3 Å². The van der Waals surface area contributed by atoms with Gasteiger partial charge in [0.1, 0.15) is 0 Å². The third-order valence-electron chi connectivity index (χ3n) is 5.83. The Kier molecular flexibility index (Phi) is 9.18. The van der Waals surface area contributed by atoms with Crippen LogP contribution in [-0.2, 0) is 4.74 Å². The molecule has 0 aromatic heterocycles. The maximum atomic E-state index is 5.97. The van der Waals surface area contributed by atoms with E-state index in [9.17, 15) is 0 Å². The average Bonchev–Trinajstić information content (AvgIpc) is 3.16. The van der Waals surface area contributed by atoms with Crippen molar-refractivity contribution >= 4 is 22.0 Å². The van der Waals surface area contributed by atoms with Crippen molar-refractivity contribution < 1.29 is 4.74 Å². The van der Waals surface area contributed by atoms with Crippen molar-refractivity contribution in [2.45, 2.75) is 91.6 Å². The van der Waals surface area contributed by atoms with Gasteiger partial charge in [-0.15, -0.1) is 0 Å². The minimum absolute atomic E-state index is 0.373. The van der Waals surface area contributed by atoms with Gasteiger partial charge in [0.05, 0.1) is 0 Å². The van der Waals surface area contributed by atoms with E-state index in [2.05, 4.69) is 45.0 Å². The van der Waals surface area contributed by atoms with Gasteiger partial charge in [-0.2, -0.15) is 0 Å². The first kappa shape index (κ1) is 20.3. The topological polar surface area (TPSA) is 9.23 Å². The molecule has 0 N–H and O–H groups in total. The predicted octanol–water partition coefficient (Wildman–Crippen LogP) is 6.59. The molecule has 1 aliphatic rings. The third kappa shape index (κ3) is 5.49. The van der Waals surface area contributed by atoms with Crippen LogP contribution in [0.3, 0.4) is 0 Å². The van der Waals surface area contributed by atoms with Gasteiger partial charge in [-0.3, -0.25) is 0 Å². The van der Waals surface area contributed by atoms with Crippen LogP contribution in [-0.4, -0.2) is 25.0 Å². The van der Waals surface area contributed by atoms with Gasteiger partial charge >= 0.3 is 155 Å². The molecule has 0 amide bonds. The first-order valence-corrected chi connectivity index (χ1v) is 18.0. The zero-order valence-electron chi connectivity index (χ0n) is 16.3. The number of rotatable bonds is 11. The van der Waals surface area contributed by atoms with E-state index < -0.39 is 18.4 Å². The van der Waals surface area contributed by atoms with E-state index in [4.69, 9.17) is 4.74 Å². The van der Waals surface area contributed by atoms with Crippen LogP contribution < -0.4 is 3.58 Å². The third-order valence-corrected chi connectivity index (χ3v) is 21.4. The number of hydrogen-bond acceptors (Lipinski definition) is 1. The Balaban J connectivity index is 2.29. The fourth-order valence-electron chi connectivity index (χ4n) is 4.26. The van der Waals surface area contributed by atoms with Gasteiger partial charge in [-0.25, -0.2) is 0 Å². The van der Waals surface area contributed by atoms with Crippen LogP contribution in [0, 0.1) is 0 Å². The zero-order chi connectivity index (χ0) is 17.3. The molecule has 1 saturated heterocycles. The van der Waals surface area contributed by atoms with Crippen molar-refractivity contribution in [1.82, 2.24) is 0 Å². The fraction of sp³-hybridized carbons (Fsp3) is 0.727. The van der Waals surface area contributed by atoms with Crippen molar-refractivity contribution in [3.05, 3.63) is 29.8 Å². The van der Waals surface area contributed by atoms with Crippen molar-refractivity contribution in [2.24, 2.45) is 0 Å². The number of ether oxygens (including phenoxy) is 1. The van der Waals surface area contributed by atoms with E-state index in [1.807, 2.05) is 0 Å². The molecule has 0 unspecified atom stereocenters. The molecular formula is C22H38OSn. The summed E-state index contributed by atoms with van der Waals surface area (Å²) in [4.78, 5) is 0. The van der Waals surface area contributed by atoms with Crippen LogP contribution in [0.4, 0.5) is 0 Å². The summed E-state index contributed by atoms with van der Waals surface area (Å²) in [5.41, 5.74) is 1.47. The normalized spacial score (nSPS) is 18.2. The molecule has 1 nitrogen and oxygen atoms in total. The fourth-order valence-corrected chi connectivity index (χ4v) is 20.3. The van der Waals surface area contributed by atoms with Crippen LogP contribution in [0.15, 0.2) is 24.3 Å². The van der Waals surface area contributed by atoms with Crippen molar-refractivity contribution in [1.29, 1.82) is 0 Å². The summed E-state index contributed by atoms with van der Waals surface area (Å²) >= 11 is -2.27. The summed E-state index contributed by atoms with van der Waals surface area (Å²) in [6.45, 7) is 8.03. The second kappa shape index (κ2) is 10.9. The first-order chi connectivity index (χ1) is 11.8. The molecule has 1 fully saturated rings. The van der Waals surface area contributed by atoms with E-state index in [0.717, 1.165) is 6.61 Å². The molecule has 1 aromatic carbocycles. The second-order valence-corrected chi connectivity index (χ2v) is 21.0. The summed E-state index contributed by atoms with van der Waals surface area (Å²) in [7, 11) is 0. The minimum atomic E-state index is -2.27. The van der Waals surface area contributed by atoms with Crippen LogP contribution in [0.5, 0.6) is 0 Å². The molecule has 24 heavy (non-hydrogen) atoms. The number of hydrogen-bond donors (Lipinski definition) is 0. The van der Waals surface area contributed by atoms with Gasteiger partial charge in [0.25, 0.3) is 0 Å². The van der Waals surface area contributed by atoms with E-state index in [-0.39, 0.29) is 0 Å². The van der Waals surface area contributed by atoms with Gasteiger partial charge < -0.3 is 0 Å². The van der Waals surface area contributed by atoms with Gasteiger partial charge in [0, 0.05) is 0 Å². The van der Waals surface area contributed by atoms with Gasteiger partial charge in [-0.1, -0.05) is 0 Å². The Morgan fingerprint density at radius 1 is 0.958 bits per heavy atom. The maximum absolute atomic E-state index is 5.97. The SMILES string of the molecule is CCC[CH2][Sn]([CH2]CCC)([CH2]CCC)[c]1cccc([C@H]2CCCO2)c1. The molecular weight excluding hydrogens is 399 g/mol. The Labute approximate surface area is 154 Å². The van der Waals surface area contributed by atoms with Crippen LogP contribution in [0.25, 0.3) is 0 Å². The van der Waals surface area contributed by atoms with E-state index in [1.165, 1.54) is 56.9 Å². The van der Waals surface area contributed by atoms with E-state index in [1.54, 1.807) is 16.9 Å². The Morgan fingerprint density at radius 3 is 2.08 bits per heavy atom. The number of benzene rings is 1.